The molecule has 92 valence electrons. The van der Waals surface area contributed by atoms with Crippen LogP contribution in [0, 0.1) is 5.92 Å². The fourth-order valence-electron chi connectivity index (χ4n) is 2.47. The summed E-state index contributed by atoms with van der Waals surface area (Å²) < 4.78 is 2.15. The molecule has 0 amide bonds. The minimum absolute atomic E-state index is 0.306. The van der Waals surface area contributed by atoms with E-state index in [0.717, 1.165) is 11.0 Å². The second-order valence-corrected chi connectivity index (χ2v) is 4.88. The second-order valence-electron chi connectivity index (χ2n) is 4.88. The zero-order valence-corrected chi connectivity index (χ0v) is 10.5. The van der Waals surface area contributed by atoms with E-state index in [9.17, 15) is 0 Å². The van der Waals surface area contributed by atoms with Crippen molar-refractivity contribution in [3.8, 4) is 0 Å². The Morgan fingerprint density at radius 3 is 2.89 bits per heavy atom. The first-order valence-electron chi connectivity index (χ1n) is 6.16. The molecule has 0 saturated heterocycles. The summed E-state index contributed by atoms with van der Waals surface area (Å²) in [6.07, 6.45) is 7.45. The molecule has 2 heterocycles. The van der Waals surface area contributed by atoms with Gasteiger partial charge in [0.2, 0.25) is 0 Å². The van der Waals surface area contributed by atoms with Gasteiger partial charge in [0.15, 0.2) is 0 Å². The molecular weight excluding hydrogens is 224 g/mol. The minimum atomic E-state index is 0.306. The molecule has 0 radical (unpaired) electrons. The monoisotopic (exact) mass is 240 g/mol. The van der Waals surface area contributed by atoms with Gasteiger partial charge in [-0.1, -0.05) is 19.9 Å². The summed E-state index contributed by atoms with van der Waals surface area (Å²) in [5.41, 5.74) is 3.37. The zero-order chi connectivity index (χ0) is 12.5. The van der Waals surface area contributed by atoms with Crippen LogP contribution in [0.5, 0.6) is 0 Å². The Bertz CT molecular complexity index is 637. The maximum atomic E-state index is 4.25. The average Bonchev–Trinajstić information content (AvgIpc) is 2.98. The van der Waals surface area contributed by atoms with E-state index >= 15 is 0 Å². The highest BCUT2D eigenvalue weighted by molar-refractivity contribution is 5.75. The number of aromatic nitrogens is 4. The lowest BCUT2D eigenvalue weighted by molar-refractivity contribution is 0.437. The topological polar surface area (TPSA) is 46.5 Å². The first kappa shape index (κ1) is 11.0. The third kappa shape index (κ3) is 1.79. The number of rotatable bonds is 3. The van der Waals surface area contributed by atoms with E-state index < -0.39 is 0 Å². The van der Waals surface area contributed by atoms with Crippen molar-refractivity contribution in [2.75, 3.05) is 0 Å². The summed E-state index contributed by atoms with van der Waals surface area (Å²) in [4.78, 5) is 11.6. The summed E-state index contributed by atoms with van der Waals surface area (Å²) in [6.45, 7) is 4.45. The highest BCUT2D eigenvalue weighted by Crippen LogP contribution is 2.27. The molecule has 18 heavy (non-hydrogen) atoms. The lowest BCUT2D eigenvalue weighted by Gasteiger charge is -2.22. The molecule has 4 heteroatoms. The number of hydrogen-bond donors (Lipinski definition) is 1. The maximum absolute atomic E-state index is 4.25. The Labute approximate surface area is 106 Å². The van der Waals surface area contributed by atoms with Gasteiger partial charge in [0, 0.05) is 12.4 Å². The van der Waals surface area contributed by atoms with Gasteiger partial charge in [-0.25, -0.2) is 9.97 Å². The first-order chi connectivity index (χ1) is 8.75. The number of aromatic amines is 1. The van der Waals surface area contributed by atoms with Crippen molar-refractivity contribution in [3.63, 3.8) is 0 Å². The molecule has 3 rings (SSSR count). The fourth-order valence-corrected chi connectivity index (χ4v) is 2.47. The van der Waals surface area contributed by atoms with Crippen molar-refractivity contribution in [2.45, 2.75) is 19.9 Å². The van der Waals surface area contributed by atoms with Gasteiger partial charge in [-0.15, -0.1) is 0 Å². The zero-order valence-electron chi connectivity index (χ0n) is 10.5. The van der Waals surface area contributed by atoms with Crippen LogP contribution >= 0.6 is 0 Å². The van der Waals surface area contributed by atoms with E-state index in [1.54, 1.807) is 6.33 Å². The normalized spacial score (nSPS) is 13.3. The Hall–Kier alpha value is -2.10. The quantitative estimate of drug-likeness (QED) is 0.765. The predicted octanol–water partition coefficient (Wildman–Crippen LogP) is 3.00. The predicted molar refractivity (Wildman–Crippen MR) is 71.3 cm³/mol. The van der Waals surface area contributed by atoms with E-state index in [1.165, 1.54) is 5.56 Å². The molecule has 1 unspecified atom stereocenters. The summed E-state index contributed by atoms with van der Waals surface area (Å²) in [5, 5.41) is 0. The highest BCUT2D eigenvalue weighted by Gasteiger charge is 2.17. The van der Waals surface area contributed by atoms with Gasteiger partial charge in [0.05, 0.1) is 29.7 Å². The third-order valence-corrected chi connectivity index (χ3v) is 3.26. The Morgan fingerprint density at radius 1 is 1.28 bits per heavy atom. The smallest absolute Gasteiger partial charge is 0.0951 e. The Morgan fingerprint density at radius 2 is 2.17 bits per heavy atom. The van der Waals surface area contributed by atoms with Crippen molar-refractivity contribution in [2.24, 2.45) is 5.92 Å². The number of nitrogens with zero attached hydrogens (tertiary/aromatic N) is 3. The van der Waals surface area contributed by atoms with Gasteiger partial charge >= 0.3 is 0 Å². The number of H-pyrrole nitrogens is 1. The standard InChI is InChI=1S/C14H16N4/c1-10(2)14(18-6-5-15-9-18)11-3-4-12-13(7-11)17-8-16-12/h3-10,14H,1-2H3,(H,16,17). The SMILES string of the molecule is CC(C)C(c1ccc2nc[nH]c2c1)n1ccnc1. The molecular formula is C14H16N4. The molecule has 0 aliphatic carbocycles. The lowest BCUT2D eigenvalue weighted by atomic mass is 9.95. The van der Waals surface area contributed by atoms with Crippen molar-refractivity contribution in [3.05, 3.63) is 48.8 Å². The molecule has 1 aromatic carbocycles. The Kier molecular flexibility index (Phi) is 2.63. The summed E-state index contributed by atoms with van der Waals surface area (Å²) in [5.74, 6) is 0.500. The van der Waals surface area contributed by atoms with Crippen LogP contribution in [0.4, 0.5) is 0 Å². The van der Waals surface area contributed by atoms with Crippen LogP contribution in [0.25, 0.3) is 11.0 Å². The van der Waals surface area contributed by atoms with Crippen LogP contribution in [0.1, 0.15) is 25.5 Å². The van der Waals surface area contributed by atoms with Gasteiger partial charge in [-0.2, -0.15) is 0 Å². The molecule has 2 aromatic heterocycles. The molecule has 1 N–H and O–H groups in total. The molecule has 0 saturated carbocycles. The largest absolute Gasteiger partial charge is 0.345 e. The number of benzene rings is 1. The molecule has 0 bridgehead atoms. The second kappa shape index (κ2) is 4.29. The van der Waals surface area contributed by atoms with Crippen molar-refractivity contribution in [1.29, 1.82) is 0 Å². The molecule has 4 nitrogen and oxygen atoms in total. The molecule has 1 atom stereocenters. The third-order valence-electron chi connectivity index (χ3n) is 3.26. The van der Waals surface area contributed by atoms with Crippen molar-refractivity contribution < 1.29 is 0 Å². The molecule has 0 aliphatic heterocycles. The lowest BCUT2D eigenvalue weighted by Crippen LogP contribution is -2.15. The highest BCUT2D eigenvalue weighted by atomic mass is 15.1. The number of fused-ring (bicyclic) bond motifs is 1. The first-order valence-corrected chi connectivity index (χ1v) is 6.16. The number of imidazole rings is 2. The average molecular weight is 240 g/mol. The van der Waals surface area contributed by atoms with Crippen LogP contribution in [0.3, 0.4) is 0 Å². The fraction of sp³-hybridized carbons (Fsp3) is 0.286. The van der Waals surface area contributed by atoms with Crippen LogP contribution in [-0.4, -0.2) is 19.5 Å². The maximum Gasteiger partial charge on any atom is 0.0951 e. The molecule has 3 aromatic rings. The Balaban J connectivity index is 2.09. The van der Waals surface area contributed by atoms with E-state index in [0.29, 0.717) is 12.0 Å². The van der Waals surface area contributed by atoms with Crippen LogP contribution < -0.4 is 0 Å². The van der Waals surface area contributed by atoms with Crippen LogP contribution in [-0.2, 0) is 0 Å². The van der Waals surface area contributed by atoms with E-state index in [2.05, 4.69) is 51.6 Å². The van der Waals surface area contributed by atoms with E-state index in [4.69, 9.17) is 0 Å². The summed E-state index contributed by atoms with van der Waals surface area (Å²) >= 11 is 0. The van der Waals surface area contributed by atoms with Gasteiger partial charge in [-0.3, -0.25) is 0 Å². The number of hydrogen-bond acceptors (Lipinski definition) is 2. The summed E-state index contributed by atoms with van der Waals surface area (Å²) in [7, 11) is 0. The van der Waals surface area contributed by atoms with Crippen LogP contribution in [0.2, 0.25) is 0 Å². The van der Waals surface area contributed by atoms with Crippen molar-refractivity contribution >= 4 is 11.0 Å². The van der Waals surface area contributed by atoms with Gasteiger partial charge in [0.25, 0.3) is 0 Å². The van der Waals surface area contributed by atoms with Gasteiger partial charge in [0.1, 0.15) is 0 Å². The minimum Gasteiger partial charge on any atom is -0.345 e. The van der Waals surface area contributed by atoms with Crippen LogP contribution in [0.15, 0.2) is 43.2 Å². The molecule has 0 aliphatic rings. The van der Waals surface area contributed by atoms with Gasteiger partial charge < -0.3 is 9.55 Å². The van der Waals surface area contributed by atoms with E-state index in [1.807, 2.05) is 18.7 Å². The van der Waals surface area contributed by atoms with Gasteiger partial charge in [-0.05, 0) is 23.6 Å². The molecule has 0 spiro atoms. The van der Waals surface area contributed by atoms with Crippen molar-refractivity contribution in [1.82, 2.24) is 19.5 Å². The van der Waals surface area contributed by atoms with E-state index in [-0.39, 0.29) is 0 Å². The number of nitrogens with one attached hydrogen (secondary N) is 1. The summed E-state index contributed by atoms with van der Waals surface area (Å²) in [6, 6.07) is 6.69. The molecule has 0 fully saturated rings.